The van der Waals surface area contributed by atoms with Crippen LogP contribution in [0.15, 0.2) is 33.4 Å². The van der Waals surface area contributed by atoms with E-state index < -0.39 is 0 Å². The second kappa shape index (κ2) is 4.42. The van der Waals surface area contributed by atoms with E-state index in [2.05, 4.69) is 59.9 Å². The summed E-state index contributed by atoms with van der Waals surface area (Å²) in [6.07, 6.45) is 1.71. The molecule has 0 amide bonds. The van der Waals surface area contributed by atoms with Crippen LogP contribution in [0.2, 0.25) is 0 Å². The van der Waals surface area contributed by atoms with Crippen LogP contribution in [-0.2, 0) is 0 Å². The maximum atomic E-state index is 5.42. The molecule has 0 fully saturated rings. The number of halogens is 1. The molecule has 2 aromatic rings. The van der Waals surface area contributed by atoms with Crippen molar-refractivity contribution in [3.8, 4) is 11.3 Å². The summed E-state index contributed by atoms with van der Waals surface area (Å²) in [5, 5.41) is 0. The van der Waals surface area contributed by atoms with E-state index in [9.17, 15) is 0 Å². The fraction of sp³-hybridized carbons (Fsp3) is 0.308. The smallest absolute Gasteiger partial charge is 0.197 e. The first-order valence-electron chi connectivity index (χ1n) is 5.30. The summed E-state index contributed by atoms with van der Waals surface area (Å²) in [4.78, 5) is 4.46. The summed E-state index contributed by atoms with van der Waals surface area (Å²) in [7, 11) is 0. The van der Waals surface area contributed by atoms with Crippen LogP contribution < -0.4 is 0 Å². The molecular formula is C13H14BrNO. The number of nitrogens with zero attached hydrogens (tertiary/aromatic N) is 1. The van der Waals surface area contributed by atoms with Gasteiger partial charge in [-0.05, 0) is 18.6 Å². The molecule has 0 unspecified atom stereocenters. The van der Waals surface area contributed by atoms with Gasteiger partial charge in [0.2, 0.25) is 0 Å². The Hall–Kier alpha value is -1.09. The van der Waals surface area contributed by atoms with Crippen molar-refractivity contribution in [3.63, 3.8) is 0 Å². The van der Waals surface area contributed by atoms with E-state index in [0.29, 0.717) is 5.92 Å². The van der Waals surface area contributed by atoms with Gasteiger partial charge in [0.05, 0.1) is 0 Å². The van der Waals surface area contributed by atoms with Gasteiger partial charge in [0.1, 0.15) is 12.0 Å². The van der Waals surface area contributed by atoms with E-state index >= 15 is 0 Å². The third kappa shape index (κ3) is 2.19. The van der Waals surface area contributed by atoms with Gasteiger partial charge in [-0.25, -0.2) is 4.98 Å². The summed E-state index contributed by atoms with van der Waals surface area (Å²) in [5.74, 6) is 1.11. The van der Waals surface area contributed by atoms with Crippen molar-refractivity contribution in [1.82, 2.24) is 4.98 Å². The zero-order chi connectivity index (χ0) is 11.7. The molecule has 0 aliphatic carbocycles. The Morgan fingerprint density at radius 3 is 2.62 bits per heavy atom. The molecule has 0 aliphatic rings. The van der Waals surface area contributed by atoms with Gasteiger partial charge < -0.3 is 4.42 Å². The highest BCUT2D eigenvalue weighted by atomic mass is 79.9. The standard InChI is InChI=1S/C13H14BrNO/c1-8(2)13-15-12(7-16-13)10-5-4-9(3)11(14)6-10/h4-8H,1-3H3. The van der Waals surface area contributed by atoms with Crippen molar-refractivity contribution in [2.75, 3.05) is 0 Å². The number of aromatic nitrogens is 1. The molecule has 2 nitrogen and oxygen atoms in total. The molecule has 16 heavy (non-hydrogen) atoms. The number of aryl methyl sites for hydroxylation is 1. The molecule has 0 radical (unpaired) electrons. The molecule has 0 spiro atoms. The lowest BCUT2D eigenvalue weighted by molar-refractivity contribution is 0.471. The summed E-state index contributed by atoms with van der Waals surface area (Å²) >= 11 is 3.52. The van der Waals surface area contributed by atoms with Crippen LogP contribution in [0, 0.1) is 6.92 Å². The quantitative estimate of drug-likeness (QED) is 0.807. The minimum atomic E-state index is 0.322. The van der Waals surface area contributed by atoms with Gasteiger partial charge in [0.25, 0.3) is 0 Å². The highest BCUT2D eigenvalue weighted by Crippen LogP contribution is 2.26. The zero-order valence-electron chi connectivity index (χ0n) is 9.62. The van der Waals surface area contributed by atoms with Crippen molar-refractivity contribution >= 4 is 15.9 Å². The van der Waals surface area contributed by atoms with E-state index in [1.165, 1.54) is 5.56 Å². The number of oxazole rings is 1. The predicted molar refractivity (Wildman–Crippen MR) is 68.5 cm³/mol. The van der Waals surface area contributed by atoms with E-state index in [1.54, 1.807) is 6.26 Å². The first-order chi connectivity index (χ1) is 7.58. The lowest BCUT2D eigenvalue weighted by atomic mass is 10.1. The first-order valence-corrected chi connectivity index (χ1v) is 6.09. The largest absolute Gasteiger partial charge is 0.448 e. The van der Waals surface area contributed by atoms with Crippen LogP contribution in [0.25, 0.3) is 11.3 Å². The van der Waals surface area contributed by atoms with Gasteiger partial charge >= 0.3 is 0 Å². The minimum absolute atomic E-state index is 0.322. The number of hydrogen-bond acceptors (Lipinski definition) is 2. The second-order valence-corrected chi connectivity index (χ2v) is 5.04. The van der Waals surface area contributed by atoms with Gasteiger partial charge in [0, 0.05) is 16.0 Å². The first kappa shape index (κ1) is 11.4. The Labute approximate surface area is 104 Å². The topological polar surface area (TPSA) is 26.0 Å². The molecule has 3 heteroatoms. The average molecular weight is 280 g/mol. The third-order valence-corrected chi connectivity index (χ3v) is 3.34. The maximum Gasteiger partial charge on any atom is 0.197 e. The van der Waals surface area contributed by atoms with Crippen LogP contribution in [0.5, 0.6) is 0 Å². The molecule has 0 saturated carbocycles. The summed E-state index contributed by atoms with van der Waals surface area (Å²) in [6, 6.07) is 6.20. The molecule has 1 heterocycles. The monoisotopic (exact) mass is 279 g/mol. The number of rotatable bonds is 2. The Morgan fingerprint density at radius 1 is 1.31 bits per heavy atom. The number of benzene rings is 1. The highest BCUT2D eigenvalue weighted by molar-refractivity contribution is 9.10. The zero-order valence-corrected chi connectivity index (χ0v) is 11.2. The van der Waals surface area contributed by atoms with Crippen LogP contribution in [0.4, 0.5) is 0 Å². The van der Waals surface area contributed by atoms with Gasteiger partial charge in [-0.3, -0.25) is 0 Å². The molecule has 84 valence electrons. The lowest BCUT2D eigenvalue weighted by Crippen LogP contribution is -1.87. The average Bonchev–Trinajstić information content (AvgIpc) is 2.71. The Balaban J connectivity index is 2.39. The Bertz CT molecular complexity index is 502. The molecule has 0 aliphatic heterocycles. The molecule has 1 aromatic heterocycles. The minimum Gasteiger partial charge on any atom is -0.448 e. The fourth-order valence-electron chi connectivity index (χ4n) is 1.44. The van der Waals surface area contributed by atoms with Crippen molar-refractivity contribution in [2.45, 2.75) is 26.7 Å². The van der Waals surface area contributed by atoms with Gasteiger partial charge in [-0.15, -0.1) is 0 Å². The fourth-order valence-corrected chi connectivity index (χ4v) is 1.82. The van der Waals surface area contributed by atoms with Crippen molar-refractivity contribution in [2.24, 2.45) is 0 Å². The molecule has 0 bridgehead atoms. The molecule has 0 saturated heterocycles. The molecule has 0 N–H and O–H groups in total. The molecule has 2 rings (SSSR count). The van der Waals surface area contributed by atoms with Crippen LogP contribution in [0.1, 0.15) is 31.2 Å². The second-order valence-electron chi connectivity index (χ2n) is 4.19. The normalized spacial score (nSPS) is 11.1. The van der Waals surface area contributed by atoms with Crippen molar-refractivity contribution in [1.29, 1.82) is 0 Å². The lowest BCUT2D eigenvalue weighted by Gasteiger charge is -2.00. The Kier molecular flexibility index (Phi) is 3.15. The summed E-state index contributed by atoms with van der Waals surface area (Å²) in [6.45, 7) is 6.21. The van der Waals surface area contributed by atoms with Crippen LogP contribution >= 0.6 is 15.9 Å². The molecule has 1 aromatic carbocycles. The van der Waals surface area contributed by atoms with Crippen LogP contribution in [-0.4, -0.2) is 4.98 Å². The predicted octanol–water partition coefficient (Wildman–Crippen LogP) is 4.54. The van der Waals surface area contributed by atoms with Crippen molar-refractivity contribution in [3.05, 3.63) is 40.4 Å². The van der Waals surface area contributed by atoms with E-state index in [-0.39, 0.29) is 0 Å². The maximum absolute atomic E-state index is 5.42. The number of hydrogen-bond donors (Lipinski definition) is 0. The van der Waals surface area contributed by atoms with Gasteiger partial charge in [0.15, 0.2) is 5.89 Å². The summed E-state index contributed by atoms with van der Waals surface area (Å²) < 4.78 is 6.52. The highest BCUT2D eigenvalue weighted by Gasteiger charge is 2.09. The van der Waals surface area contributed by atoms with Gasteiger partial charge in [-0.2, -0.15) is 0 Å². The molecular weight excluding hydrogens is 266 g/mol. The molecule has 0 atom stereocenters. The SMILES string of the molecule is Cc1ccc(-c2coc(C(C)C)n2)cc1Br. The van der Waals surface area contributed by atoms with Crippen molar-refractivity contribution < 1.29 is 4.42 Å². The third-order valence-electron chi connectivity index (χ3n) is 2.48. The van der Waals surface area contributed by atoms with E-state index in [0.717, 1.165) is 21.6 Å². The van der Waals surface area contributed by atoms with Crippen LogP contribution in [0.3, 0.4) is 0 Å². The Morgan fingerprint density at radius 2 is 2.06 bits per heavy atom. The summed E-state index contributed by atoms with van der Waals surface area (Å²) in [5.41, 5.74) is 3.19. The van der Waals surface area contributed by atoms with E-state index in [1.807, 2.05) is 0 Å². The van der Waals surface area contributed by atoms with Gasteiger partial charge in [-0.1, -0.05) is 41.9 Å². The van der Waals surface area contributed by atoms with E-state index in [4.69, 9.17) is 4.42 Å².